The molecule has 3 unspecified atom stereocenters. The maximum absolute atomic E-state index is 13.1. The molecule has 2 aromatic carbocycles. The summed E-state index contributed by atoms with van der Waals surface area (Å²) in [6.45, 7) is 0. The highest BCUT2D eigenvalue weighted by Crippen LogP contribution is 2.36. The minimum absolute atomic E-state index is 0.131. The number of carbonyl (C=O) groups is 1. The number of amides is 1. The average Bonchev–Trinajstić information content (AvgIpc) is 2.99. The summed E-state index contributed by atoms with van der Waals surface area (Å²) >= 11 is 1.63. The van der Waals surface area contributed by atoms with Crippen molar-refractivity contribution in [3.8, 4) is 0 Å². The van der Waals surface area contributed by atoms with Crippen LogP contribution in [0, 0.1) is 0 Å². The molecule has 2 bridgehead atoms. The van der Waals surface area contributed by atoms with Gasteiger partial charge in [0.15, 0.2) is 0 Å². The molecule has 1 amide bonds. The van der Waals surface area contributed by atoms with Gasteiger partial charge in [-0.3, -0.25) is 4.79 Å². The Kier molecular flexibility index (Phi) is 5.09. The fourth-order valence-corrected chi connectivity index (χ4v) is 5.04. The van der Waals surface area contributed by atoms with E-state index in [4.69, 9.17) is 0 Å². The van der Waals surface area contributed by atoms with Gasteiger partial charge in [-0.25, -0.2) is 0 Å². The van der Waals surface area contributed by atoms with E-state index in [0.717, 1.165) is 23.3 Å². The first-order chi connectivity index (χ1) is 12.3. The van der Waals surface area contributed by atoms with E-state index in [-0.39, 0.29) is 11.2 Å². The van der Waals surface area contributed by atoms with Crippen LogP contribution in [0.1, 0.15) is 36.5 Å². The predicted molar refractivity (Wildman–Crippen MR) is 103 cm³/mol. The molecule has 4 heteroatoms. The van der Waals surface area contributed by atoms with E-state index in [0.29, 0.717) is 18.1 Å². The van der Waals surface area contributed by atoms with Crippen molar-refractivity contribution in [3.05, 3.63) is 66.2 Å². The zero-order valence-corrected chi connectivity index (χ0v) is 15.0. The van der Waals surface area contributed by atoms with Crippen LogP contribution >= 0.6 is 11.8 Å². The maximum atomic E-state index is 13.1. The van der Waals surface area contributed by atoms with Crippen molar-refractivity contribution < 1.29 is 4.79 Å². The Morgan fingerprint density at radius 1 is 0.960 bits per heavy atom. The predicted octanol–water partition coefficient (Wildman–Crippen LogP) is 3.92. The molecule has 2 fully saturated rings. The van der Waals surface area contributed by atoms with E-state index < -0.39 is 0 Å². The van der Waals surface area contributed by atoms with Crippen molar-refractivity contribution in [2.45, 2.75) is 54.0 Å². The van der Waals surface area contributed by atoms with Crippen LogP contribution in [0.5, 0.6) is 0 Å². The van der Waals surface area contributed by atoms with E-state index in [2.05, 4.69) is 22.8 Å². The molecule has 0 aromatic heterocycles. The lowest BCUT2D eigenvalue weighted by Gasteiger charge is -2.31. The third-order valence-corrected chi connectivity index (χ3v) is 6.42. The Morgan fingerprint density at radius 2 is 1.56 bits per heavy atom. The molecular formula is C21H24N2OS. The molecule has 2 aliphatic heterocycles. The number of nitrogens with one attached hydrogen (secondary N) is 2. The number of rotatable bonds is 5. The Labute approximate surface area is 153 Å². The van der Waals surface area contributed by atoms with Gasteiger partial charge < -0.3 is 10.6 Å². The first-order valence-electron chi connectivity index (χ1n) is 9.11. The molecule has 4 rings (SSSR count). The lowest BCUT2D eigenvalue weighted by atomic mass is 9.99. The van der Waals surface area contributed by atoms with Gasteiger partial charge in [0.1, 0.15) is 5.25 Å². The number of carbonyl (C=O) groups excluding carboxylic acids is 1. The van der Waals surface area contributed by atoms with Crippen molar-refractivity contribution in [3.63, 3.8) is 0 Å². The third kappa shape index (κ3) is 4.07. The minimum atomic E-state index is -0.212. The summed E-state index contributed by atoms with van der Waals surface area (Å²) in [7, 11) is 0. The number of piperidine rings is 1. The van der Waals surface area contributed by atoms with Gasteiger partial charge in [0.05, 0.1) is 0 Å². The molecular weight excluding hydrogens is 328 g/mol. The van der Waals surface area contributed by atoms with Crippen LogP contribution in [0.2, 0.25) is 0 Å². The van der Waals surface area contributed by atoms with Crippen LogP contribution in [0.25, 0.3) is 0 Å². The zero-order valence-electron chi connectivity index (χ0n) is 14.2. The number of hydrogen-bond donors (Lipinski definition) is 2. The second kappa shape index (κ2) is 7.63. The van der Waals surface area contributed by atoms with Crippen LogP contribution in [-0.4, -0.2) is 24.0 Å². The molecule has 2 heterocycles. The van der Waals surface area contributed by atoms with E-state index in [1.165, 1.54) is 12.8 Å². The average molecular weight is 353 g/mol. The molecule has 0 aliphatic carbocycles. The van der Waals surface area contributed by atoms with Crippen LogP contribution in [0.3, 0.4) is 0 Å². The summed E-state index contributed by atoms with van der Waals surface area (Å²) in [5, 5.41) is 6.76. The Bertz CT molecular complexity index is 694. The SMILES string of the molecule is O=C(NC1CC2CCC(C1)N2)C(Sc1ccccc1)c1ccccc1. The van der Waals surface area contributed by atoms with Gasteiger partial charge in [-0.05, 0) is 43.4 Å². The molecule has 2 saturated heterocycles. The van der Waals surface area contributed by atoms with E-state index in [9.17, 15) is 4.79 Å². The topological polar surface area (TPSA) is 41.1 Å². The largest absolute Gasteiger partial charge is 0.352 e. The van der Waals surface area contributed by atoms with Gasteiger partial charge in [-0.1, -0.05) is 48.5 Å². The summed E-state index contributed by atoms with van der Waals surface area (Å²) in [6.07, 6.45) is 4.61. The van der Waals surface area contributed by atoms with Crippen molar-refractivity contribution in [2.24, 2.45) is 0 Å². The number of fused-ring (bicyclic) bond motifs is 2. The molecule has 0 saturated carbocycles. The first kappa shape index (κ1) is 16.7. The summed E-state index contributed by atoms with van der Waals surface area (Å²) in [4.78, 5) is 14.2. The van der Waals surface area contributed by atoms with E-state index >= 15 is 0 Å². The number of benzene rings is 2. The highest BCUT2D eigenvalue weighted by molar-refractivity contribution is 8.00. The van der Waals surface area contributed by atoms with Gasteiger partial charge in [0.2, 0.25) is 5.91 Å². The minimum Gasteiger partial charge on any atom is -0.352 e. The van der Waals surface area contributed by atoms with Gasteiger partial charge in [0.25, 0.3) is 0 Å². The van der Waals surface area contributed by atoms with E-state index in [1.807, 2.05) is 48.5 Å². The fourth-order valence-electron chi connectivity index (χ4n) is 3.99. The smallest absolute Gasteiger partial charge is 0.238 e. The quantitative estimate of drug-likeness (QED) is 0.802. The highest BCUT2D eigenvalue weighted by Gasteiger charge is 2.35. The number of hydrogen-bond acceptors (Lipinski definition) is 3. The molecule has 0 radical (unpaired) electrons. The van der Waals surface area contributed by atoms with Gasteiger partial charge >= 0.3 is 0 Å². The molecule has 2 aliphatic rings. The van der Waals surface area contributed by atoms with Crippen LogP contribution in [-0.2, 0) is 4.79 Å². The van der Waals surface area contributed by atoms with E-state index in [1.54, 1.807) is 11.8 Å². The summed E-state index contributed by atoms with van der Waals surface area (Å²) in [5.41, 5.74) is 1.06. The first-order valence-corrected chi connectivity index (χ1v) is 9.99. The standard InChI is InChI=1S/C21H24N2OS/c24-21(23-18-13-16-11-12-17(14-18)22-16)20(15-7-3-1-4-8-15)25-19-9-5-2-6-10-19/h1-10,16-18,20,22H,11-14H2,(H,23,24). The molecule has 25 heavy (non-hydrogen) atoms. The van der Waals surface area contributed by atoms with Gasteiger partial charge in [0, 0.05) is 23.0 Å². The molecule has 3 atom stereocenters. The lowest BCUT2D eigenvalue weighted by Crippen LogP contribution is -2.48. The second-order valence-electron chi connectivity index (χ2n) is 7.04. The van der Waals surface area contributed by atoms with Crippen LogP contribution in [0.4, 0.5) is 0 Å². The Morgan fingerprint density at radius 3 is 2.20 bits per heavy atom. The van der Waals surface area contributed by atoms with Crippen LogP contribution < -0.4 is 10.6 Å². The molecule has 0 spiro atoms. The second-order valence-corrected chi connectivity index (χ2v) is 8.21. The van der Waals surface area contributed by atoms with Crippen molar-refractivity contribution in [1.82, 2.24) is 10.6 Å². The summed E-state index contributed by atoms with van der Waals surface area (Å²) in [5.74, 6) is 0.131. The van der Waals surface area contributed by atoms with Gasteiger partial charge in [-0.2, -0.15) is 0 Å². The van der Waals surface area contributed by atoms with Crippen LogP contribution in [0.15, 0.2) is 65.6 Å². The van der Waals surface area contributed by atoms with Crippen molar-refractivity contribution >= 4 is 17.7 Å². The zero-order chi connectivity index (χ0) is 17.1. The monoisotopic (exact) mass is 352 g/mol. The fraction of sp³-hybridized carbons (Fsp3) is 0.381. The van der Waals surface area contributed by atoms with Gasteiger partial charge in [-0.15, -0.1) is 11.8 Å². The Balaban J connectivity index is 1.50. The summed E-state index contributed by atoms with van der Waals surface area (Å²) < 4.78 is 0. The lowest BCUT2D eigenvalue weighted by molar-refractivity contribution is -0.121. The number of thioether (sulfide) groups is 1. The summed E-state index contributed by atoms with van der Waals surface area (Å²) in [6, 6.07) is 21.8. The Hall–Kier alpha value is -1.78. The maximum Gasteiger partial charge on any atom is 0.238 e. The van der Waals surface area contributed by atoms with Crippen molar-refractivity contribution in [2.75, 3.05) is 0 Å². The third-order valence-electron chi connectivity index (χ3n) is 5.16. The molecule has 3 nitrogen and oxygen atoms in total. The molecule has 130 valence electrons. The normalized spacial score (nSPS) is 26.2. The highest BCUT2D eigenvalue weighted by atomic mass is 32.2. The molecule has 2 aromatic rings. The van der Waals surface area contributed by atoms with Crippen molar-refractivity contribution in [1.29, 1.82) is 0 Å². The molecule has 2 N–H and O–H groups in total.